The summed E-state index contributed by atoms with van der Waals surface area (Å²) in [6, 6.07) is 9.78. The average molecular weight is 407 g/mol. The number of thiophene rings is 1. The molecule has 1 aliphatic carbocycles. The van der Waals surface area contributed by atoms with Gasteiger partial charge >= 0.3 is 0 Å². The molecule has 7 heteroatoms. The molecule has 0 aliphatic heterocycles. The molecule has 2 aromatic rings. The maximum Gasteiger partial charge on any atom is 0.271 e. The minimum atomic E-state index is -3.56. The molecular formula is C20H26N2O3S2. The summed E-state index contributed by atoms with van der Waals surface area (Å²) in [6.07, 6.45) is 8.87. The van der Waals surface area contributed by atoms with E-state index < -0.39 is 10.0 Å². The van der Waals surface area contributed by atoms with E-state index in [-0.39, 0.29) is 10.1 Å². The van der Waals surface area contributed by atoms with Crippen LogP contribution in [0.4, 0.5) is 5.69 Å². The van der Waals surface area contributed by atoms with Crippen molar-refractivity contribution in [3.63, 3.8) is 0 Å². The Hall–Kier alpha value is -1.86. The third-order valence-electron chi connectivity index (χ3n) is 4.97. The van der Waals surface area contributed by atoms with Crippen LogP contribution < -0.4 is 10.0 Å². The van der Waals surface area contributed by atoms with Gasteiger partial charge in [0.05, 0.1) is 0 Å². The van der Waals surface area contributed by atoms with Crippen molar-refractivity contribution in [2.75, 3.05) is 11.3 Å². The lowest BCUT2D eigenvalue weighted by atomic mass is 9.97. The Bertz CT molecular complexity index is 823. The lowest BCUT2D eigenvalue weighted by Gasteiger charge is -2.14. The maximum absolute atomic E-state index is 12.3. The van der Waals surface area contributed by atoms with Gasteiger partial charge in [-0.15, -0.1) is 11.3 Å². The predicted octanol–water partition coefficient (Wildman–Crippen LogP) is 4.64. The Morgan fingerprint density at radius 2 is 1.74 bits per heavy atom. The van der Waals surface area contributed by atoms with Crippen LogP contribution in [0.2, 0.25) is 0 Å². The van der Waals surface area contributed by atoms with Gasteiger partial charge in [-0.3, -0.25) is 9.52 Å². The van der Waals surface area contributed by atoms with Crippen LogP contribution >= 0.6 is 11.3 Å². The highest BCUT2D eigenvalue weighted by molar-refractivity contribution is 7.94. The Morgan fingerprint density at radius 3 is 2.37 bits per heavy atom. The first-order chi connectivity index (χ1) is 13.0. The normalized spacial score (nSPS) is 15.9. The van der Waals surface area contributed by atoms with Gasteiger partial charge in [-0.05, 0) is 48.1 Å². The van der Waals surface area contributed by atoms with Crippen molar-refractivity contribution >= 4 is 33.0 Å². The van der Waals surface area contributed by atoms with Crippen molar-refractivity contribution in [3.05, 3.63) is 47.3 Å². The van der Waals surface area contributed by atoms with Gasteiger partial charge in [0.25, 0.3) is 15.9 Å². The van der Waals surface area contributed by atoms with Gasteiger partial charge in [0, 0.05) is 17.8 Å². The van der Waals surface area contributed by atoms with Gasteiger partial charge in [-0.25, -0.2) is 8.42 Å². The molecule has 1 aliphatic rings. The van der Waals surface area contributed by atoms with Gasteiger partial charge in [0.1, 0.15) is 4.21 Å². The summed E-state index contributed by atoms with van der Waals surface area (Å²) in [4.78, 5) is 12.3. The van der Waals surface area contributed by atoms with E-state index in [0.29, 0.717) is 17.8 Å². The zero-order chi connectivity index (χ0) is 19.1. The molecule has 0 atom stereocenters. The maximum atomic E-state index is 12.3. The summed E-state index contributed by atoms with van der Waals surface area (Å²) in [6.45, 7) is 0.691. The Balaban J connectivity index is 1.50. The number of nitrogens with one attached hydrogen (secondary N) is 2. The van der Waals surface area contributed by atoms with Crippen LogP contribution in [0.1, 0.15) is 55.3 Å². The van der Waals surface area contributed by atoms with Gasteiger partial charge in [0.2, 0.25) is 0 Å². The largest absolute Gasteiger partial charge is 0.352 e. The number of sulfonamides is 1. The number of amides is 1. The Labute approximate surface area is 165 Å². The van der Waals surface area contributed by atoms with E-state index in [1.54, 1.807) is 41.8 Å². The fourth-order valence-electron chi connectivity index (χ4n) is 3.46. The number of carbonyl (C=O) groups is 1. The number of carbonyl (C=O) groups excluding carboxylic acids is 1. The number of anilines is 1. The molecule has 0 unspecified atom stereocenters. The molecule has 1 fully saturated rings. The zero-order valence-electron chi connectivity index (χ0n) is 15.3. The van der Waals surface area contributed by atoms with Gasteiger partial charge in [0.15, 0.2) is 0 Å². The Kier molecular flexibility index (Phi) is 6.90. The van der Waals surface area contributed by atoms with Crippen LogP contribution in [-0.4, -0.2) is 20.9 Å². The fraction of sp³-hybridized carbons (Fsp3) is 0.450. The minimum absolute atomic E-state index is 0.115. The first-order valence-corrected chi connectivity index (χ1v) is 11.9. The second-order valence-corrected chi connectivity index (χ2v) is 9.87. The van der Waals surface area contributed by atoms with Crippen molar-refractivity contribution in [1.82, 2.24) is 5.32 Å². The number of hydrogen-bond acceptors (Lipinski definition) is 4. The lowest BCUT2D eigenvalue weighted by molar-refractivity contribution is 0.0951. The number of benzene rings is 1. The molecule has 0 saturated heterocycles. The molecule has 1 aromatic carbocycles. The number of rotatable bonds is 7. The van der Waals surface area contributed by atoms with E-state index in [1.165, 1.54) is 38.5 Å². The van der Waals surface area contributed by atoms with Crippen LogP contribution in [0.3, 0.4) is 0 Å². The highest BCUT2D eigenvalue weighted by Crippen LogP contribution is 2.25. The second-order valence-electron chi connectivity index (χ2n) is 7.02. The molecule has 1 heterocycles. The third kappa shape index (κ3) is 5.81. The van der Waals surface area contributed by atoms with Crippen LogP contribution in [0.25, 0.3) is 0 Å². The smallest absolute Gasteiger partial charge is 0.271 e. The molecular weight excluding hydrogens is 380 g/mol. The highest BCUT2D eigenvalue weighted by Gasteiger charge is 2.16. The molecule has 3 rings (SSSR count). The molecule has 27 heavy (non-hydrogen) atoms. The van der Waals surface area contributed by atoms with E-state index in [9.17, 15) is 13.2 Å². The standard InChI is InChI=1S/C20H26N2O3S2/c23-20(21-14-13-16-6-3-1-2-4-7-16)17-9-11-18(12-10-17)22-27(24,25)19-8-5-15-26-19/h5,8-12,15-16,22H,1-4,6-7,13-14H2,(H,21,23). The van der Waals surface area contributed by atoms with E-state index in [4.69, 9.17) is 0 Å². The summed E-state index contributed by atoms with van der Waals surface area (Å²) < 4.78 is 27.2. The third-order valence-corrected chi connectivity index (χ3v) is 7.75. The zero-order valence-corrected chi connectivity index (χ0v) is 16.9. The van der Waals surface area contributed by atoms with Gasteiger partial charge in [-0.2, -0.15) is 0 Å². The first-order valence-electron chi connectivity index (χ1n) is 9.49. The summed E-state index contributed by atoms with van der Waals surface area (Å²) >= 11 is 1.16. The minimum Gasteiger partial charge on any atom is -0.352 e. The van der Waals surface area contributed by atoms with Crippen LogP contribution in [0.15, 0.2) is 46.0 Å². The molecule has 1 saturated carbocycles. The molecule has 0 radical (unpaired) electrons. The lowest BCUT2D eigenvalue weighted by Crippen LogP contribution is -2.26. The Morgan fingerprint density at radius 1 is 1.04 bits per heavy atom. The van der Waals surface area contributed by atoms with Crippen LogP contribution in [0.5, 0.6) is 0 Å². The van der Waals surface area contributed by atoms with Crippen molar-refractivity contribution in [1.29, 1.82) is 0 Å². The molecule has 5 nitrogen and oxygen atoms in total. The van der Waals surface area contributed by atoms with E-state index in [1.807, 2.05) is 0 Å². The summed E-state index contributed by atoms with van der Waals surface area (Å²) in [5.41, 5.74) is 0.980. The monoisotopic (exact) mass is 406 g/mol. The van der Waals surface area contributed by atoms with E-state index in [0.717, 1.165) is 23.7 Å². The van der Waals surface area contributed by atoms with Crippen molar-refractivity contribution in [2.24, 2.45) is 5.92 Å². The van der Waals surface area contributed by atoms with Crippen molar-refractivity contribution in [3.8, 4) is 0 Å². The average Bonchev–Trinajstić information content (AvgIpc) is 3.09. The van der Waals surface area contributed by atoms with Crippen LogP contribution in [-0.2, 0) is 10.0 Å². The summed E-state index contributed by atoms with van der Waals surface area (Å²) in [5.74, 6) is 0.609. The summed E-state index contributed by atoms with van der Waals surface area (Å²) in [7, 11) is -3.56. The van der Waals surface area contributed by atoms with Gasteiger partial charge < -0.3 is 5.32 Å². The van der Waals surface area contributed by atoms with E-state index in [2.05, 4.69) is 10.0 Å². The van der Waals surface area contributed by atoms with Gasteiger partial charge in [-0.1, -0.05) is 44.6 Å². The SMILES string of the molecule is O=C(NCCC1CCCCCC1)c1ccc(NS(=O)(=O)c2cccs2)cc1. The predicted molar refractivity (Wildman–Crippen MR) is 110 cm³/mol. The molecule has 0 spiro atoms. The summed E-state index contributed by atoms with van der Waals surface area (Å²) in [5, 5.41) is 4.70. The molecule has 0 bridgehead atoms. The topological polar surface area (TPSA) is 75.3 Å². The number of hydrogen-bond donors (Lipinski definition) is 2. The highest BCUT2D eigenvalue weighted by atomic mass is 32.2. The molecule has 146 valence electrons. The van der Waals surface area contributed by atoms with Crippen molar-refractivity contribution < 1.29 is 13.2 Å². The van der Waals surface area contributed by atoms with Crippen LogP contribution in [0, 0.1) is 5.92 Å². The second kappa shape index (κ2) is 9.37. The van der Waals surface area contributed by atoms with Crippen molar-refractivity contribution in [2.45, 2.75) is 49.2 Å². The van der Waals surface area contributed by atoms with E-state index >= 15 is 0 Å². The first kappa shape index (κ1) is 19.9. The molecule has 1 amide bonds. The molecule has 2 N–H and O–H groups in total. The molecule has 1 aromatic heterocycles. The quantitative estimate of drug-likeness (QED) is 0.658. The fourth-order valence-corrected chi connectivity index (χ4v) is 5.51.